The molecular formula is C22H26N4O. The molecule has 1 aliphatic rings. The molecule has 0 saturated carbocycles. The first kappa shape index (κ1) is 17.6. The number of piperidine rings is 1. The van der Waals surface area contributed by atoms with Crippen LogP contribution in [0.2, 0.25) is 0 Å². The molecule has 1 fully saturated rings. The van der Waals surface area contributed by atoms with Crippen LogP contribution in [0.15, 0.2) is 52.9 Å². The zero-order valence-electron chi connectivity index (χ0n) is 16.0. The number of aromatic nitrogens is 2. The highest BCUT2D eigenvalue weighted by molar-refractivity contribution is 5.56. The monoisotopic (exact) mass is 362 g/mol. The van der Waals surface area contributed by atoms with Crippen molar-refractivity contribution in [2.45, 2.75) is 39.2 Å². The first-order chi connectivity index (χ1) is 13.2. The normalized spacial score (nSPS) is 15.6. The first-order valence-electron chi connectivity index (χ1n) is 9.71. The van der Waals surface area contributed by atoms with Crippen molar-refractivity contribution in [3.05, 3.63) is 60.0 Å². The molecule has 2 heterocycles. The SMILES string of the molecule is Cc1ccc(-c2nnc([C@H](C)Nc3ccc(N4CCCCC4)cc3)o2)cc1. The van der Waals surface area contributed by atoms with Crippen LogP contribution >= 0.6 is 0 Å². The quantitative estimate of drug-likeness (QED) is 0.675. The molecule has 0 aliphatic carbocycles. The van der Waals surface area contributed by atoms with Gasteiger partial charge in [-0.3, -0.25) is 0 Å². The Morgan fingerprint density at radius 3 is 2.33 bits per heavy atom. The summed E-state index contributed by atoms with van der Waals surface area (Å²) in [5.41, 5.74) is 4.50. The van der Waals surface area contributed by atoms with Gasteiger partial charge in [0.05, 0.1) is 0 Å². The van der Waals surface area contributed by atoms with Gasteiger partial charge in [0, 0.05) is 30.0 Å². The van der Waals surface area contributed by atoms with E-state index in [0.717, 1.165) is 24.3 Å². The number of anilines is 2. The second-order valence-electron chi connectivity index (χ2n) is 7.27. The molecule has 1 aromatic heterocycles. The summed E-state index contributed by atoms with van der Waals surface area (Å²) in [7, 11) is 0. The molecule has 0 amide bonds. The summed E-state index contributed by atoms with van der Waals surface area (Å²) in [5, 5.41) is 11.9. The molecule has 0 radical (unpaired) electrons. The number of rotatable bonds is 5. The Morgan fingerprint density at radius 1 is 0.926 bits per heavy atom. The second kappa shape index (κ2) is 7.82. The Kier molecular flexibility index (Phi) is 5.10. The van der Waals surface area contributed by atoms with Gasteiger partial charge in [0.2, 0.25) is 11.8 Å². The third-order valence-electron chi connectivity index (χ3n) is 5.08. The molecule has 4 rings (SSSR count). The second-order valence-corrected chi connectivity index (χ2v) is 7.27. The maximum atomic E-state index is 5.87. The lowest BCUT2D eigenvalue weighted by Crippen LogP contribution is -2.29. The minimum Gasteiger partial charge on any atom is -0.418 e. The molecule has 5 nitrogen and oxygen atoms in total. The van der Waals surface area contributed by atoms with Gasteiger partial charge < -0.3 is 14.6 Å². The van der Waals surface area contributed by atoms with E-state index in [2.05, 4.69) is 51.6 Å². The summed E-state index contributed by atoms with van der Waals surface area (Å²) in [6.07, 6.45) is 3.93. The summed E-state index contributed by atoms with van der Waals surface area (Å²) >= 11 is 0. The third-order valence-corrected chi connectivity index (χ3v) is 5.08. The standard InChI is InChI=1S/C22H26N4O/c1-16-6-8-18(9-7-16)22-25-24-21(27-22)17(2)23-19-10-12-20(13-11-19)26-14-4-3-5-15-26/h6-13,17,23H,3-5,14-15H2,1-2H3/t17-/m0/s1. The Balaban J connectivity index is 1.41. The van der Waals surface area contributed by atoms with Gasteiger partial charge in [-0.15, -0.1) is 10.2 Å². The average molecular weight is 362 g/mol. The van der Waals surface area contributed by atoms with E-state index in [0.29, 0.717) is 11.8 Å². The predicted octanol–water partition coefficient (Wildman–Crippen LogP) is 5.21. The molecular weight excluding hydrogens is 336 g/mol. The summed E-state index contributed by atoms with van der Waals surface area (Å²) in [6, 6.07) is 16.7. The van der Waals surface area contributed by atoms with Crippen molar-refractivity contribution in [1.82, 2.24) is 10.2 Å². The zero-order valence-corrected chi connectivity index (χ0v) is 16.0. The summed E-state index contributed by atoms with van der Waals surface area (Å²) in [4.78, 5) is 2.46. The topological polar surface area (TPSA) is 54.2 Å². The highest BCUT2D eigenvalue weighted by Gasteiger charge is 2.15. The lowest BCUT2D eigenvalue weighted by molar-refractivity contribution is 0.485. The number of hydrogen-bond donors (Lipinski definition) is 1. The van der Waals surface area contributed by atoms with Crippen LogP contribution in [-0.4, -0.2) is 23.3 Å². The first-order valence-corrected chi connectivity index (χ1v) is 9.71. The molecule has 5 heteroatoms. The van der Waals surface area contributed by atoms with Crippen molar-refractivity contribution in [3.8, 4) is 11.5 Å². The smallest absolute Gasteiger partial charge is 0.247 e. The van der Waals surface area contributed by atoms with Gasteiger partial charge in [0.25, 0.3) is 0 Å². The highest BCUT2D eigenvalue weighted by atomic mass is 16.4. The fraction of sp³-hybridized carbons (Fsp3) is 0.364. The van der Waals surface area contributed by atoms with E-state index in [9.17, 15) is 0 Å². The molecule has 1 aliphatic heterocycles. The number of benzene rings is 2. The van der Waals surface area contributed by atoms with E-state index in [-0.39, 0.29) is 6.04 Å². The maximum Gasteiger partial charge on any atom is 0.247 e. The van der Waals surface area contributed by atoms with Crippen molar-refractivity contribution in [1.29, 1.82) is 0 Å². The van der Waals surface area contributed by atoms with Gasteiger partial charge in [0.1, 0.15) is 6.04 Å². The molecule has 1 N–H and O–H groups in total. The van der Waals surface area contributed by atoms with Crippen LogP contribution in [0.25, 0.3) is 11.5 Å². The van der Waals surface area contributed by atoms with Crippen LogP contribution in [0.4, 0.5) is 11.4 Å². The van der Waals surface area contributed by atoms with Gasteiger partial charge in [-0.25, -0.2) is 0 Å². The van der Waals surface area contributed by atoms with Crippen LogP contribution in [0.1, 0.15) is 43.7 Å². The molecule has 3 aromatic rings. The Morgan fingerprint density at radius 2 is 1.63 bits per heavy atom. The number of hydrogen-bond acceptors (Lipinski definition) is 5. The lowest BCUT2D eigenvalue weighted by atomic mass is 10.1. The van der Waals surface area contributed by atoms with Crippen molar-refractivity contribution in [2.24, 2.45) is 0 Å². The minimum absolute atomic E-state index is 0.0578. The van der Waals surface area contributed by atoms with Gasteiger partial charge in [-0.2, -0.15) is 0 Å². The Labute approximate surface area is 160 Å². The molecule has 1 atom stereocenters. The van der Waals surface area contributed by atoms with Crippen LogP contribution in [0.5, 0.6) is 0 Å². The Hall–Kier alpha value is -2.82. The van der Waals surface area contributed by atoms with Gasteiger partial charge >= 0.3 is 0 Å². The summed E-state index contributed by atoms with van der Waals surface area (Å²) in [6.45, 7) is 6.41. The molecule has 0 spiro atoms. The number of nitrogens with one attached hydrogen (secondary N) is 1. The molecule has 27 heavy (non-hydrogen) atoms. The van der Waals surface area contributed by atoms with Crippen molar-refractivity contribution in [3.63, 3.8) is 0 Å². The summed E-state index contributed by atoms with van der Waals surface area (Å²) in [5.74, 6) is 1.14. The predicted molar refractivity (Wildman–Crippen MR) is 109 cm³/mol. The number of nitrogens with zero attached hydrogens (tertiary/aromatic N) is 3. The van der Waals surface area contributed by atoms with E-state index in [1.807, 2.05) is 31.2 Å². The minimum atomic E-state index is -0.0578. The van der Waals surface area contributed by atoms with Crippen LogP contribution < -0.4 is 10.2 Å². The van der Waals surface area contributed by atoms with Gasteiger partial charge in [-0.1, -0.05) is 17.7 Å². The van der Waals surface area contributed by atoms with E-state index in [1.165, 1.54) is 30.5 Å². The zero-order chi connectivity index (χ0) is 18.6. The van der Waals surface area contributed by atoms with Crippen molar-refractivity contribution < 1.29 is 4.42 Å². The number of aryl methyl sites for hydroxylation is 1. The lowest BCUT2D eigenvalue weighted by Gasteiger charge is -2.29. The Bertz CT molecular complexity index is 864. The van der Waals surface area contributed by atoms with Crippen LogP contribution in [-0.2, 0) is 0 Å². The fourth-order valence-electron chi connectivity index (χ4n) is 3.45. The molecule has 0 unspecified atom stereocenters. The fourth-order valence-corrected chi connectivity index (χ4v) is 3.45. The van der Waals surface area contributed by atoms with Crippen molar-refractivity contribution in [2.75, 3.05) is 23.3 Å². The third kappa shape index (κ3) is 4.13. The van der Waals surface area contributed by atoms with E-state index in [4.69, 9.17) is 4.42 Å². The van der Waals surface area contributed by atoms with E-state index < -0.39 is 0 Å². The highest BCUT2D eigenvalue weighted by Crippen LogP contribution is 2.26. The maximum absolute atomic E-state index is 5.87. The molecule has 1 saturated heterocycles. The average Bonchev–Trinajstić information content (AvgIpc) is 3.20. The van der Waals surface area contributed by atoms with Crippen LogP contribution in [0, 0.1) is 6.92 Å². The van der Waals surface area contributed by atoms with Gasteiger partial charge in [-0.05, 0) is 69.5 Å². The largest absolute Gasteiger partial charge is 0.418 e. The molecule has 2 aromatic carbocycles. The van der Waals surface area contributed by atoms with Gasteiger partial charge in [0.15, 0.2) is 0 Å². The summed E-state index contributed by atoms with van der Waals surface area (Å²) < 4.78 is 5.87. The van der Waals surface area contributed by atoms with Crippen molar-refractivity contribution >= 4 is 11.4 Å². The van der Waals surface area contributed by atoms with E-state index >= 15 is 0 Å². The van der Waals surface area contributed by atoms with Crippen LogP contribution in [0.3, 0.4) is 0 Å². The molecule has 140 valence electrons. The van der Waals surface area contributed by atoms with E-state index in [1.54, 1.807) is 0 Å². The molecule has 0 bridgehead atoms.